The van der Waals surface area contributed by atoms with Gasteiger partial charge in [0, 0.05) is 31.4 Å². The zero-order chi connectivity index (χ0) is 18.8. The zero-order valence-electron chi connectivity index (χ0n) is 16.3. The van der Waals surface area contributed by atoms with Crippen molar-refractivity contribution in [2.75, 3.05) is 31.6 Å². The summed E-state index contributed by atoms with van der Waals surface area (Å²) in [6.07, 6.45) is 10.5. The number of hydrogen-bond donors (Lipinski definition) is 2. The zero-order valence-corrected chi connectivity index (χ0v) is 16.3. The maximum absolute atomic E-state index is 6.43. The molecule has 3 fully saturated rings. The van der Waals surface area contributed by atoms with Crippen LogP contribution in [0.1, 0.15) is 56.2 Å². The van der Waals surface area contributed by atoms with Crippen LogP contribution < -0.4 is 15.4 Å². The molecule has 7 nitrogen and oxygen atoms in total. The summed E-state index contributed by atoms with van der Waals surface area (Å²) in [6.45, 7) is 3.69. The van der Waals surface area contributed by atoms with Gasteiger partial charge in [0.25, 0.3) is 0 Å². The highest BCUT2D eigenvalue weighted by Gasteiger charge is 2.30. The summed E-state index contributed by atoms with van der Waals surface area (Å²) in [4.78, 5) is 4.56. The summed E-state index contributed by atoms with van der Waals surface area (Å²) in [7, 11) is 0. The number of piperidine rings is 1. The Labute approximate surface area is 165 Å². The molecule has 0 bridgehead atoms. The Morgan fingerprint density at radius 3 is 2.68 bits per heavy atom. The molecule has 0 aromatic carbocycles. The fourth-order valence-corrected chi connectivity index (χ4v) is 4.11. The van der Waals surface area contributed by atoms with Crippen molar-refractivity contribution in [2.45, 2.75) is 56.5 Å². The smallest absolute Gasteiger partial charge is 0.169 e. The first-order chi connectivity index (χ1) is 13.9. The molecule has 2 saturated heterocycles. The lowest BCUT2D eigenvalue weighted by Crippen LogP contribution is -2.35. The van der Waals surface area contributed by atoms with Crippen molar-refractivity contribution in [3.8, 4) is 11.5 Å². The minimum atomic E-state index is 0.404. The second kappa shape index (κ2) is 8.09. The van der Waals surface area contributed by atoms with Gasteiger partial charge >= 0.3 is 0 Å². The first-order valence-corrected chi connectivity index (χ1v) is 10.6. The van der Waals surface area contributed by atoms with E-state index in [1.165, 1.54) is 12.8 Å². The summed E-state index contributed by atoms with van der Waals surface area (Å²) < 4.78 is 14.1. The minimum absolute atomic E-state index is 0.404. The normalized spacial score (nSPS) is 21.6. The first-order valence-electron chi connectivity index (χ1n) is 10.6. The lowest BCUT2D eigenvalue weighted by molar-refractivity contribution is 0.0839. The van der Waals surface area contributed by atoms with Gasteiger partial charge in [-0.2, -0.15) is 5.10 Å². The van der Waals surface area contributed by atoms with Gasteiger partial charge in [-0.1, -0.05) is 0 Å². The molecule has 0 amide bonds. The van der Waals surface area contributed by atoms with Crippen LogP contribution in [0.15, 0.2) is 24.5 Å². The molecular formula is C21H29N5O2. The molecule has 4 heterocycles. The third-order valence-electron chi connectivity index (χ3n) is 5.92. The number of ether oxygens (including phenoxy) is 2. The van der Waals surface area contributed by atoms with Gasteiger partial charge in [0.1, 0.15) is 5.69 Å². The van der Waals surface area contributed by atoms with Crippen LogP contribution in [0.4, 0.5) is 5.82 Å². The Bertz CT molecular complexity index is 792. The summed E-state index contributed by atoms with van der Waals surface area (Å²) in [5.74, 6) is 2.89. The molecule has 0 radical (unpaired) electrons. The van der Waals surface area contributed by atoms with E-state index in [1.807, 2.05) is 18.3 Å². The van der Waals surface area contributed by atoms with Crippen LogP contribution in [0, 0.1) is 0 Å². The number of aromatic nitrogens is 3. The largest absolute Gasteiger partial charge is 0.450 e. The van der Waals surface area contributed by atoms with Crippen molar-refractivity contribution >= 4 is 5.82 Å². The van der Waals surface area contributed by atoms with Crippen molar-refractivity contribution in [2.24, 2.45) is 0 Å². The second-order valence-electron chi connectivity index (χ2n) is 8.10. The molecular weight excluding hydrogens is 354 g/mol. The predicted octanol–water partition coefficient (Wildman–Crippen LogP) is 3.46. The molecule has 2 aliphatic heterocycles. The van der Waals surface area contributed by atoms with Gasteiger partial charge in [-0.25, -0.2) is 4.98 Å². The van der Waals surface area contributed by atoms with Crippen LogP contribution in [-0.2, 0) is 4.74 Å². The van der Waals surface area contributed by atoms with Crippen molar-refractivity contribution in [3.63, 3.8) is 0 Å². The van der Waals surface area contributed by atoms with Crippen LogP contribution in [-0.4, -0.2) is 47.1 Å². The second-order valence-corrected chi connectivity index (χ2v) is 8.10. The van der Waals surface area contributed by atoms with E-state index in [-0.39, 0.29) is 0 Å². The topological polar surface area (TPSA) is 73.2 Å². The maximum atomic E-state index is 6.43. The van der Waals surface area contributed by atoms with Gasteiger partial charge in [-0.3, -0.25) is 4.68 Å². The molecule has 2 aromatic heterocycles. The maximum Gasteiger partial charge on any atom is 0.169 e. The minimum Gasteiger partial charge on any atom is -0.450 e. The van der Waals surface area contributed by atoms with E-state index in [9.17, 15) is 0 Å². The van der Waals surface area contributed by atoms with Gasteiger partial charge < -0.3 is 20.1 Å². The molecule has 2 aromatic rings. The fourth-order valence-electron chi connectivity index (χ4n) is 4.11. The number of pyridine rings is 1. The van der Waals surface area contributed by atoms with Gasteiger partial charge in [0.05, 0.1) is 12.2 Å². The Balaban J connectivity index is 1.39. The van der Waals surface area contributed by atoms with E-state index in [0.29, 0.717) is 18.0 Å². The average molecular weight is 383 g/mol. The Kier molecular flexibility index (Phi) is 5.18. The summed E-state index contributed by atoms with van der Waals surface area (Å²) in [6, 6.07) is 4.90. The third kappa shape index (κ3) is 4.00. The number of nitrogens with zero attached hydrogens (tertiary/aromatic N) is 3. The average Bonchev–Trinajstić information content (AvgIpc) is 3.51. The van der Waals surface area contributed by atoms with Crippen molar-refractivity contribution in [1.82, 2.24) is 20.1 Å². The number of anilines is 1. The lowest BCUT2D eigenvalue weighted by atomic mass is 9.96. The SMILES string of the molecule is c1cnc(NC2CCNCC2)c(Oc2cn(C3CC3)nc2C2CCOCC2)c1. The Morgan fingerprint density at radius 2 is 1.89 bits per heavy atom. The molecule has 0 atom stereocenters. The van der Waals surface area contributed by atoms with Crippen LogP contribution in [0.5, 0.6) is 11.5 Å². The highest BCUT2D eigenvalue weighted by atomic mass is 16.5. The molecule has 0 spiro atoms. The summed E-state index contributed by atoms with van der Waals surface area (Å²) >= 11 is 0. The van der Waals surface area contributed by atoms with E-state index in [4.69, 9.17) is 14.6 Å². The van der Waals surface area contributed by atoms with Crippen molar-refractivity contribution in [1.29, 1.82) is 0 Å². The van der Waals surface area contributed by atoms with Gasteiger partial charge in [-0.05, 0) is 63.7 Å². The molecule has 1 aliphatic carbocycles. The monoisotopic (exact) mass is 383 g/mol. The standard InChI is InChI=1S/C21H29N5O2/c1-2-18(21(23-9-1)24-16-5-10-22-11-6-16)28-19-14-26(17-3-4-17)25-20(19)15-7-12-27-13-8-15/h1-2,9,14-17,22H,3-8,10-13H2,(H,23,24). The molecule has 150 valence electrons. The van der Waals surface area contributed by atoms with Crippen LogP contribution in [0.3, 0.4) is 0 Å². The number of rotatable bonds is 6. The predicted molar refractivity (Wildman–Crippen MR) is 107 cm³/mol. The lowest BCUT2D eigenvalue weighted by Gasteiger charge is -2.25. The molecule has 7 heteroatoms. The fraction of sp³-hybridized carbons (Fsp3) is 0.619. The molecule has 0 unspecified atom stereocenters. The number of hydrogen-bond acceptors (Lipinski definition) is 6. The van der Waals surface area contributed by atoms with Crippen molar-refractivity contribution in [3.05, 3.63) is 30.2 Å². The van der Waals surface area contributed by atoms with E-state index < -0.39 is 0 Å². The van der Waals surface area contributed by atoms with E-state index in [1.54, 1.807) is 0 Å². The molecule has 1 saturated carbocycles. The first kappa shape index (κ1) is 17.9. The van der Waals surface area contributed by atoms with Crippen LogP contribution >= 0.6 is 0 Å². The molecule has 28 heavy (non-hydrogen) atoms. The summed E-state index contributed by atoms with van der Waals surface area (Å²) in [5, 5.41) is 11.9. The number of nitrogens with one attached hydrogen (secondary N) is 2. The molecule has 3 aliphatic rings. The van der Waals surface area contributed by atoms with Crippen LogP contribution in [0.25, 0.3) is 0 Å². The Morgan fingerprint density at radius 1 is 1.07 bits per heavy atom. The Hall–Kier alpha value is -2.12. The summed E-state index contributed by atoms with van der Waals surface area (Å²) in [5.41, 5.74) is 1.08. The van der Waals surface area contributed by atoms with Gasteiger partial charge in [-0.15, -0.1) is 0 Å². The van der Waals surface area contributed by atoms with E-state index in [2.05, 4.69) is 26.5 Å². The van der Waals surface area contributed by atoms with Crippen molar-refractivity contribution < 1.29 is 9.47 Å². The van der Waals surface area contributed by atoms with Gasteiger partial charge in [0.15, 0.2) is 17.3 Å². The third-order valence-corrected chi connectivity index (χ3v) is 5.92. The van der Waals surface area contributed by atoms with Gasteiger partial charge in [0.2, 0.25) is 0 Å². The molecule has 5 rings (SSSR count). The van der Waals surface area contributed by atoms with Crippen LogP contribution in [0.2, 0.25) is 0 Å². The quantitative estimate of drug-likeness (QED) is 0.796. The highest BCUT2D eigenvalue weighted by molar-refractivity contribution is 5.52. The van der Waals surface area contributed by atoms with E-state index >= 15 is 0 Å². The highest BCUT2D eigenvalue weighted by Crippen LogP contribution is 2.41. The van der Waals surface area contributed by atoms with E-state index in [0.717, 1.165) is 75.0 Å². The molecule has 2 N–H and O–H groups in total.